The third-order valence-electron chi connectivity index (χ3n) is 5.89. The molecule has 4 rings (SSSR count). The lowest BCUT2D eigenvalue weighted by atomic mass is 10.2. The molecule has 0 saturated carbocycles. The molecule has 2 atom stereocenters. The zero-order chi connectivity index (χ0) is 27.5. The molecule has 200 valence electrons. The minimum absolute atomic E-state index is 0.169. The van der Waals surface area contributed by atoms with Crippen molar-refractivity contribution in [1.29, 1.82) is 0 Å². The van der Waals surface area contributed by atoms with Crippen molar-refractivity contribution in [1.82, 2.24) is 0 Å². The quantitative estimate of drug-likeness (QED) is 0.204. The fraction of sp³-hybridized carbons (Fsp3) is 0.188. The number of anilines is 2. The van der Waals surface area contributed by atoms with Crippen molar-refractivity contribution in [3.8, 4) is 11.5 Å². The molecule has 0 heterocycles. The smallest absolute Gasteiger partial charge is 0.237 e. The average Bonchev–Trinajstić information content (AvgIpc) is 2.97. The second-order valence-corrected chi connectivity index (χ2v) is 10.7. The van der Waals surface area contributed by atoms with Crippen LogP contribution in [0.15, 0.2) is 109 Å². The van der Waals surface area contributed by atoms with Crippen LogP contribution in [0.1, 0.15) is 25.0 Å². The van der Waals surface area contributed by atoms with Crippen molar-refractivity contribution in [3.63, 3.8) is 0 Å². The van der Waals surface area contributed by atoms with Gasteiger partial charge in [-0.1, -0.05) is 60.7 Å². The number of amides is 2. The number of rotatable bonds is 12. The number of nitrogens with one attached hydrogen (secondary N) is 2. The van der Waals surface area contributed by atoms with E-state index in [2.05, 4.69) is 10.6 Å². The lowest BCUT2D eigenvalue weighted by molar-refractivity contribution is -0.115. The second kappa shape index (κ2) is 14.1. The van der Waals surface area contributed by atoms with Gasteiger partial charge in [-0.05, 0) is 73.5 Å². The van der Waals surface area contributed by atoms with Gasteiger partial charge in [0.1, 0.15) is 24.7 Å². The van der Waals surface area contributed by atoms with Gasteiger partial charge in [-0.3, -0.25) is 9.59 Å². The first kappa shape index (κ1) is 27.8. The van der Waals surface area contributed by atoms with E-state index in [1.54, 1.807) is 38.1 Å². The van der Waals surface area contributed by atoms with Gasteiger partial charge in [-0.25, -0.2) is 0 Å². The summed E-state index contributed by atoms with van der Waals surface area (Å²) < 4.78 is 11.6. The Morgan fingerprint density at radius 2 is 0.949 bits per heavy atom. The number of ether oxygens (including phenoxy) is 2. The highest BCUT2D eigenvalue weighted by Crippen LogP contribution is 2.23. The van der Waals surface area contributed by atoms with Gasteiger partial charge in [0.2, 0.25) is 11.8 Å². The Kier molecular flexibility index (Phi) is 10.0. The molecule has 0 spiro atoms. The normalized spacial score (nSPS) is 12.2. The van der Waals surface area contributed by atoms with E-state index in [9.17, 15) is 9.59 Å². The van der Waals surface area contributed by atoms with Gasteiger partial charge in [0.15, 0.2) is 0 Å². The summed E-state index contributed by atoms with van der Waals surface area (Å²) in [6.07, 6.45) is 0. The van der Waals surface area contributed by atoms with E-state index in [-0.39, 0.29) is 11.8 Å². The van der Waals surface area contributed by atoms with Crippen LogP contribution >= 0.6 is 11.8 Å². The maximum Gasteiger partial charge on any atom is 0.237 e. The molecule has 0 saturated heterocycles. The van der Waals surface area contributed by atoms with Crippen molar-refractivity contribution in [2.75, 3.05) is 10.6 Å². The van der Waals surface area contributed by atoms with Crippen LogP contribution in [0.2, 0.25) is 0 Å². The van der Waals surface area contributed by atoms with Crippen molar-refractivity contribution >= 4 is 35.0 Å². The van der Waals surface area contributed by atoms with Crippen LogP contribution in [0.25, 0.3) is 0 Å². The van der Waals surface area contributed by atoms with Gasteiger partial charge in [-0.2, -0.15) is 0 Å². The number of hydrogen-bond acceptors (Lipinski definition) is 5. The maximum atomic E-state index is 12.7. The molecule has 4 aromatic rings. The van der Waals surface area contributed by atoms with Gasteiger partial charge < -0.3 is 20.1 Å². The summed E-state index contributed by atoms with van der Waals surface area (Å²) in [6.45, 7) is 4.54. The molecule has 2 N–H and O–H groups in total. The SMILES string of the molecule is CC(SC(C)C(=O)Nc1ccc(OCc2ccccc2)cc1)C(=O)Nc1ccc(OCc2ccccc2)cc1. The summed E-state index contributed by atoms with van der Waals surface area (Å²) in [7, 11) is 0. The van der Waals surface area contributed by atoms with E-state index in [1.165, 1.54) is 11.8 Å². The Balaban J connectivity index is 1.19. The first-order valence-electron chi connectivity index (χ1n) is 12.8. The summed E-state index contributed by atoms with van der Waals surface area (Å²) in [6, 6.07) is 34.4. The van der Waals surface area contributed by atoms with Crippen LogP contribution < -0.4 is 20.1 Å². The van der Waals surface area contributed by atoms with Crippen molar-refractivity contribution in [2.24, 2.45) is 0 Å². The molecule has 4 aromatic carbocycles. The number of thioether (sulfide) groups is 1. The summed E-state index contributed by atoms with van der Waals surface area (Å²) in [4.78, 5) is 25.4. The van der Waals surface area contributed by atoms with E-state index < -0.39 is 10.5 Å². The molecular weight excluding hydrogens is 508 g/mol. The fourth-order valence-electron chi connectivity index (χ4n) is 3.67. The summed E-state index contributed by atoms with van der Waals surface area (Å²) >= 11 is 1.30. The van der Waals surface area contributed by atoms with Gasteiger partial charge in [0.25, 0.3) is 0 Å². The standard InChI is InChI=1S/C32H32N2O4S/c1-23(31(35)33-27-13-17-29(18-14-27)37-21-25-9-5-3-6-10-25)39-24(2)32(36)34-28-15-19-30(20-16-28)38-22-26-11-7-4-8-12-26/h3-20,23-24H,21-22H2,1-2H3,(H,33,35)(H,34,36). The third-order valence-corrected chi connectivity index (χ3v) is 7.13. The molecule has 6 nitrogen and oxygen atoms in total. The first-order valence-corrected chi connectivity index (χ1v) is 13.7. The zero-order valence-corrected chi connectivity index (χ0v) is 22.8. The van der Waals surface area contributed by atoms with Gasteiger partial charge in [0.05, 0.1) is 10.5 Å². The largest absolute Gasteiger partial charge is 0.489 e. The van der Waals surface area contributed by atoms with Crippen LogP contribution in [-0.4, -0.2) is 22.3 Å². The molecule has 0 aliphatic rings. The number of carbonyl (C=O) groups is 2. The number of hydrogen-bond donors (Lipinski definition) is 2. The molecule has 0 aromatic heterocycles. The zero-order valence-electron chi connectivity index (χ0n) is 22.0. The van der Waals surface area contributed by atoms with E-state index in [1.807, 2.05) is 84.9 Å². The molecule has 2 unspecified atom stereocenters. The van der Waals surface area contributed by atoms with Crippen LogP contribution in [0.4, 0.5) is 11.4 Å². The van der Waals surface area contributed by atoms with Crippen molar-refractivity contribution in [3.05, 3.63) is 120 Å². The Morgan fingerprint density at radius 3 is 1.31 bits per heavy atom. The van der Waals surface area contributed by atoms with Gasteiger partial charge >= 0.3 is 0 Å². The number of benzene rings is 4. The predicted molar refractivity (Wildman–Crippen MR) is 158 cm³/mol. The van der Waals surface area contributed by atoms with E-state index >= 15 is 0 Å². The van der Waals surface area contributed by atoms with Crippen LogP contribution in [0.5, 0.6) is 11.5 Å². The molecule has 0 aliphatic heterocycles. The summed E-state index contributed by atoms with van der Waals surface area (Å²) in [5.74, 6) is 1.11. The molecule has 0 fully saturated rings. The van der Waals surface area contributed by atoms with Crippen molar-refractivity contribution in [2.45, 2.75) is 37.6 Å². The first-order chi connectivity index (χ1) is 19.0. The molecular formula is C32H32N2O4S. The van der Waals surface area contributed by atoms with Gasteiger partial charge in [-0.15, -0.1) is 11.8 Å². The minimum Gasteiger partial charge on any atom is -0.489 e. The van der Waals surface area contributed by atoms with Crippen molar-refractivity contribution < 1.29 is 19.1 Å². The highest BCUT2D eigenvalue weighted by molar-refractivity contribution is 8.01. The molecule has 39 heavy (non-hydrogen) atoms. The summed E-state index contributed by atoms with van der Waals surface area (Å²) in [5.41, 5.74) is 3.52. The highest BCUT2D eigenvalue weighted by Gasteiger charge is 2.22. The Morgan fingerprint density at radius 1 is 0.590 bits per heavy atom. The lowest BCUT2D eigenvalue weighted by Gasteiger charge is -2.17. The van der Waals surface area contributed by atoms with E-state index in [0.29, 0.717) is 24.6 Å². The Hall–Kier alpha value is -4.23. The third kappa shape index (κ3) is 8.93. The topological polar surface area (TPSA) is 76.7 Å². The Bertz CT molecular complexity index is 1230. The predicted octanol–water partition coefficient (Wildman–Crippen LogP) is 6.93. The molecule has 7 heteroatoms. The van der Waals surface area contributed by atoms with Crippen LogP contribution in [-0.2, 0) is 22.8 Å². The number of carbonyl (C=O) groups excluding carboxylic acids is 2. The Labute approximate surface area is 233 Å². The monoisotopic (exact) mass is 540 g/mol. The molecule has 0 bridgehead atoms. The van der Waals surface area contributed by atoms with Gasteiger partial charge in [0, 0.05) is 11.4 Å². The summed E-state index contributed by atoms with van der Waals surface area (Å²) in [5, 5.41) is 4.97. The molecule has 0 aliphatic carbocycles. The van der Waals surface area contributed by atoms with Crippen LogP contribution in [0, 0.1) is 0 Å². The average molecular weight is 541 g/mol. The molecule has 0 radical (unpaired) electrons. The highest BCUT2D eigenvalue weighted by atomic mass is 32.2. The minimum atomic E-state index is -0.423. The lowest BCUT2D eigenvalue weighted by Crippen LogP contribution is -2.29. The van der Waals surface area contributed by atoms with Crippen LogP contribution in [0.3, 0.4) is 0 Å². The van der Waals surface area contributed by atoms with E-state index in [4.69, 9.17) is 9.47 Å². The van der Waals surface area contributed by atoms with E-state index in [0.717, 1.165) is 22.6 Å². The fourth-order valence-corrected chi connectivity index (χ4v) is 4.65. The molecule has 2 amide bonds. The maximum absolute atomic E-state index is 12.7. The second-order valence-electron chi connectivity index (χ2n) is 9.00.